The predicted molar refractivity (Wildman–Crippen MR) is 75.2 cm³/mol. The molecule has 0 amide bonds. The number of halogens is 2. The van der Waals surface area contributed by atoms with Gasteiger partial charge in [0.15, 0.2) is 0 Å². The van der Waals surface area contributed by atoms with Gasteiger partial charge in [-0.1, -0.05) is 0 Å². The van der Waals surface area contributed by atoms with Crippen molar-refractivity contribution in [3.05, 3.63) is 46.2 Å². The molecule has 0 aromatic carbocycles. The zero-order chi connectivity index (χ0) is 14.0. The molecule has 2 heterocycles. The molecule has 0 aliphatic heterocycles. The van der Waals surface area contributed by atoms with Crippen LogP contribution in [0.25, 0.3) is 0 Å². The molecular weight excluding hydrogens is 311 g/mol. The van der Waals surface area contributed by atoms with Crippen molar-refractivity contribution in [1.82, 2.24) is 20.1 Å². The van der Waals surface area contributed by atoms with Crippen LogP contribution in [0.15, 0.2) is 29.0 Å². The summed E-state index contributed by atoms with van der Waals surface area (Å²) in [6, 6.07) is 3.23. The number of aryl methyl sites for hydroxylation is 1. The molecule has 2 aromatic rings. The van der Waals surface area contributed by atoms with Crippen molar-refractivity contribution in [2.75, 3.05) is 0 Å². The third kappa shape index (κ3) is 3.19. The number of hydrogen-bond donors (Lipinski definition) is 1. The number of rotatable bonds is 4. The summed E-state index contributed by atoms with van der Waals surface area (Å²) in [6.07, 6.45) is 2.97. The first-order chi connectivity index (χ1) is 8.99. The van der Waals surface area contributed by atoms with E-state index in [0.717, 1.165) is 15.9 Å². The van der Waals surface area contributed by atoms with Gasteiger partial charge in [-0.05, 0) is 41.9 Å². The lowest BCUT2D eigenvalue weighted by molar-refractivity contribution is 0.490. The molecular formula is C13H16BrFN4. The van der Waals surface area contributed by atoms with E-state index in [4.69, 9.17) is 0 Å². The average molecular weight is 327 g/mol. The van der Waals surface area contributed by atoms with Crippen molar-refractivity contribution >= 4 is 15.9 Å². The monoisotopic (exact) mass is 326 g/mol. The standard InChI is InChI=1S/C13H16BrFN4/c1-8(2)18-12(11-5-4-9(15)6-16-11)13-10(14)7-17-19(13)3/h4-8,12,18H,1-3H3. The molecule has 0 spiro atoms. The Bertz CT molecular complexity index is 531. The molecule has 0 radical (unpaired) electrons. The lowest BCUT2D eigenvalue weighted by atomic mass is 10.1. The van der Waals surface area contributed by atoms with Crippen LogP contribution in [0.5, 0.6) is 0 Å². The largest absolute Gasteiger partial charge is 0.301 e. The molecule has 0 aliphatic rings. The van der Waals surface area contributed by atoms with E-state index >= 15 is 0 Å². The first kappa shape index (κ1) is 14.1. The first-order valence-electron chi connectivity index (χ1n) is 6.04. The van der Waals surface area contributed by atoms with E-state index in [1.165, 1.54) is 12.3 Å². The highest BCUT2D eigenvalue weighted by Gasteiger charge is 2.22. The molecule has 2 rings (SSSR count). The molecule has 0 saturated carbocycles. The quantitative estimate of drug-likeness (QED) is 0.939. The minimum atomic E-state index is -0.337. The van der Waals surface area contributed by atoms with E-state index in [2.05, 4.69) is 45.2 Å². The summed E-state index contributed by atoms with van der Waals surface area (Å²) in [7, 11) is 1.87. The summed E-state index contributed by atoms with van der Waals surface area (Å²) in [4.78, 5) is 4.17. The van der Waals surface area contributed by atoms with Crippen LogP contribution in [0, 0.1) is 5.82 Å². The van der Waals surface area contributed by atoms with Crippen molar-refractivity contribution in [3.8, 4) is 0 Å². The van der Waals surface area contributed by atoms with E-state index < -0.39 is 0 Å². The Kier molecular flexibility index (Phi) is 4.31. The second kappa shape index (κ2) is 5.79. The van der Waals surface area contributed by atoms with E-state index in [0.29, 0.717) is 0 Å². The van der Waals surface area contributed by atoms with Gasteiger partial charge in [0.05, 0.1) is 34.3 Å². The Morgan fingerprint density at radius 3 is 2.53 bits per heavy atom. The lowest BCUT2D eigenvalue weighted by Gasteiger charge is -2.21. The van der Waals surface area contributed by atoms with Gasteiger partial charge in [0.2, 0.25) is 0 Å². The van der Waals surface area contributed by atoms with Gasteiger partial charge < -0.3 is 5.32 Å². The van der Waals surface area contributed by atoms with Crippen LogP contribution in [0.2, 0.25) is 0 Å². The zero-order valence-corrected chi connectivity index (χ0v) is 12.6. The summed E-state index contributed by atoms with van der Waals surface area (Å²) in [5.41, 5.74) is 1.73. The van der Waals surface area contributed by atoms with Crippen LogP contribution in [0.3, 0.4) is 0 Å². The van der Waals surface area contributed by atoms with Crippen LogP contribution >= 0.6 is 15.9 Å². The smallest absolute Gasteiger partial charge is 0.141 e. The molecule has 1 atom stereocenters. The molecule has 102 valence electrons. The number of nitrogens with zero attached hydrogens (tertiary/aromatic N) is 3. The fourth-order valence-electron chi connectivity index (χ4n) is 1.94. The third-order valence-electron chi connectivity index (χ3n) is 2.76. The molecule has 0 fully saturated rings. The molecule has 0 aliphatic carbocycles. The van der Waals surface area contributed by atoms with E-state index in [9.17, 15) is 4.39 Å². The van der Waals surface area contributed by atoms with Gasteiger partial charge in [-0.3, -0.25) is 9.67 Å². The van der Waals surface area contributed by atoms with Gasteiger partial charge in [-0.2, -0.15) is 5.10 Å². The summed E-state index contributed by atoms with van der Waals surface area (Å²) in [5.74, 6) is -0.337. The van der Waals surface area contributed by atoms with Gasteiger partial charge in [-0.15, -0.1) is 0 Å². The van der Waals surface area contributed by atoms with E-state index in [-0.39, 0.29) is 17.9 Å². The van der Waals surface area contributed by atoms with Crippen LogP contribution in [-0.2, 0) is 7.05 Å². The molecule has 0 saturated heterocycles. The van der Waals surface area contributed by atoms with E-state index in [1.54, 1.807) is 16.9 Å². The second-order valence-corrected chi connectivity index (χ2v) is 5.51. The molecule has 19 heavy (non-hydrogen) atoms. The van der Waals surface area contributed by atoms with Crippen LogP contribution < -0.4 is 5.32 Å². The van der Waals surface area contributed by atoms with Crippen molar-refractivity contribution in [2.24, 2.45) is 7.05 Å². The number of pyridine rings is 1. The molecule has 1 unspecified atom stereocenters. The summed E-state index contributed by atoms with van der Waals surface area (Å²) >= 11 is 3.49. The second-order valence-electron chi connectivity index (χ2n) is 4.66. The lowest BCUT2D eigenvalue weighted by Crippen LogP contribution is -2.31. The van der Waals surface area contributed by atoms with Crippen molar-refractivity contribution in [2.45, 2.75) is 25.9 Å². The molecule has 1 N–H and O–H groups in total. The first-order valence-corrected chi connectivity index (χ1v) is 6.83. The van der Waals surface area contributed by atoms with Crippen LogP contribution in [-0.4, -0.2) is 20.8 Å². The summed E-state index contributed by atoms with van der Waals surface area (Å²) in [5, 5.41) is 7.64. The maximum absolute atomic E-state index is 13.0. The summed E-state index contributed by atoms with van der Waals surface area (Å²) in [6.45, 7) is 4.11. The number of hydrogen-bond acceptors (Lipinski definition) is 3. The Hall–Kier alpha value is -1.27. The van der Waals surface area contributed by atoms with Gasteiger partial charge in [0, 0.05) is 13.1 Å². The van der Waals surface area contributed by atoms with Crippen molar-refractivity contribution < 1.29 is 4.39 Å². The van der Waals surface area contributed by atoms with Gasteiger partial charge in [0.25, 0.3) is 0 Å². The van der Waals surface area contributed by atoms with E-state index in [1.807, 2.05) is 7.05 Å². The molecule has 6 heteroatoms. The maximum Gasteiger partial charge on any atom is 0.141 e. The highest BCUT2D eigenvalue weighted by molar-refractivity contribution is 9.10. The molecule has 4 nitrogen and oxygen atoms in total. The Labute approximate surface area is 120 Å². The minimum absolute atomic E-state index is 0.137. The molecule has 2 aromatic heterocycles. The van der Waals surface area contributed by atoms with Gasteiger partial charge >= 0.3 is 0 Å². The maximum atomic E-state index is 13.0. The predicted octanol–water partition coefficient (Wildman–Crippen LogP) is 2.80. The minimum Gasteiger partial charge on any atom is -0.301 e. The average Bonchev–Trinajstić information content (AvgIpc) is 2.67. The van der Waals surface area contributed by atoms with Crippen LogP contribution in [0.4, 0.5) is 4.39 Å². The number of nitrogens with one attached hydrogen (secondary N) is 1. The fraction of sp³-hybridized carbons (Fsp3) is 0.385. The Morgan fingerprint density at radius 2 is 2.05 bits per heavy atom. The molecule has 0 bridgehead atoms. The zero-order valence-electron chi connectivity index (χ0n) is 11.1. The fourth-order valence-corrected chi connectivity index (χ4v) is 2.52. The van der Waals surface area contributed by atoms with Crippen molar-refractivity contribution in [3.63, 3.8) is 0 Å². The highest BCUT2D eigenvalue weighted by atomic mass is 79.9. The topological polar surface area (TPSA) is 42.7 Å². The Balaban J connectivity index is 2.44. The third-order valence-corrected chi connectivity index (χ3v) is 3.37. The SMILES string of the molecule is CC(C)NC(c1ccc(F)cn1)c1c(Br)cnn1C. The number of aromatic nitrogens is 3. The van der Waals surface area contributed by atoms with Gasteiger partial charge in [-0.25, -0.2) is 4.39 Å². The summed E-state index contributed by atoms with van der Waals surface area (Å²) < 4.78 is 15.7. The Morgan fingerprint density at radius 1 is 1.32 bits per heavy atom. The highest BCUT2D eigenvalue weighted by Crippen LogP contribution is 2.27. The normalized spacial score (nSPS) is 12.9. The van der Waals surface area contributed by atoms with Crippen LogP contribution in [0.1, 0.15) is 31.3 Å². The van der Waals surface area contributed by atoms with Crippen molar-refractivity contribution in [1.29, 1.82) is 0 Å². The van der Waals surface area contributed by atoms with Gasteiger partial charge in [0.1, 0.15) is 5.82 Å².